The number of H-pyrrole nitrogens is 1. The van der Waals surface area contributed by atoms with Crippen molar-refractivity contribution in [1.82, 2.24) is 19.5 Å². The Morgan fingerprint density at radius 1 is 1.58 bits per heavy atom. The second-order valence-corrected chi connectivity index (χ2v) is 6.69. The number of hydrogen-bond donors (Lipinski definition) is 4. The van der Waals surface area contributed by atoms with Crippen LogP contribution in [0.25, 0.3) is 11.2 Å². The SMILES string of the molecule is CC(C)C(=O)Nc1nc2c(ncn2[C@@H]2O[C@H](CO)[C@@H](O)[C@@]2(C)F)c(=O)[nH]1. The number of ether oxygens (including phenoxy) is 1. The molecule has 2 aromatic heterocycles. The molecule has 0 saturated carbocycles. The lowest BCUT2D eigenvalue weighted by Gasteiger charge is -2.24. The van der Waals surface area contributed by atoms with Crippen LogP contribution >= 0.6 is 0 Å². The summed E-state index contributed by atoms with van der Waals surface area (Å²) < 4.78 is 21.6. The number of aromatic amines is 1. The molecule has 1 saturated heterocycles. The van der Waals surface area contributed by atoms with Crippen molar-refractivity contribution in [1.29, 1.82) is 0 Å². The fraction of sp³-hybridized carbons (Fsp3) is 0.600. The summed E-state index contributed by atoms with van der Waals surface area (Å²) in [6.45, 7) is 3.90. The van der Waals surface area contributed by atoms with E-state index < -0.39 is 36.3 Å². The van der Waals surface area contributed by atoms with E-state index in [1.54, 1.807) is 13.8 Å². The Balaban J connectivity index is 2.06. The first kappa shape index (κ1) is 18.4. The van der Waals surface area contributed by atoms with E-state index in [-0.39, 0.29) is 28.9 Å². The summed E-state index contributed by atoms with van der Waals surface area (Å²) in [6, 6.07) is 0. The van der Waals surface area contributed by atoms with Gasteiger partial charge in [0.15, 0.2) is 23.1 Å². The van der Waals surface area contributed by atoms with Crippen molar-refractivity contribution in [2.45, 2.75) is 44.9 Å². The van der Waals surface area contributed by atoms with Gasteiger partial charge >= 0.3 is 0 Å². The summed E-state index contributed by atoms with van der Waals surface area (Å²) in [7, 11) is 0. The number of carbonyl (C=O) groups excluding carboxylic acids is 1. The van der Waals surface area contributed by atoms with Crippen molar-refractivity contribution >= 4 is 23.0 Å². The first-order valence-corrected chi connectivity index (χ1v) is 8.07. The summed E-state index contributed by atoms with van der Waals surface area (Å²) in [5.74, 6) is -0.809. The molecule has 142 valence electrons. The molecule has 0 bridgehead atoms. The first-order chi connectivity index (χ1) is 12.2. The predicted molar refractivity (Wildman–Crippen MR) is 88.1 cm³/mol. The number of carbonyl (C=O) groups is 1. The summed E-state index contributed by atoms with van der Waals surface area (Å²) in [4.78, 5) is 34.4. The van der Waals surface area contributed by atoms with Crippen molar-refractivity contribution < 1.29 is 24.1 Å². The number of halogens is 1. The summed E-state index contributed by atoms with van der Waals surface area (Å²) in [5, 5.41) is 21.7. The monoisotopic (exact) mass is 369 g/mol. The van der Waals surface area contributed by atoms with Gasteiger partial charge in [-0.25, -0.2) is 9.37 Å². The minimum Gasteiger partial charge on any atom is -0.394 e. The van der Waals surface area contributed by atoms with Crippen LogP contribution in [0.4, 0.5) is 10.3 Å². The van der Waals surface area contributed by atoms with Gasteiger partial charge in [-0.3, -0.25) is 24.5 Å². The minimum absolute atomic E-state index is 0.0209. The molecular formula is C15H20FN5O5. The number of rotatable bonds is 4. The van der Waals surface area contributed by atoms with Crippen molar-refractivity contribution in [2.75, 3.05) is 11.9 Å². The van der Waals surface area contributed by atoms with Crippen LogP contribution in [0.1, 0.15) is 27.0 Å². The highest BCUT2D eigenvalue weighted by molar-refractivity contribution is 5.91. The number of imidazole rings is 1. The molecule has 0 spiro atoms. The van der Waals surface area contributed by atoms with E-state index in [1.807, 2.05) is 0 Å². The van der Waals surface area contributed by atoms with Crippen LogP contribution in [-0.2, 0) is 9.53 Å². The van der Waals surface area contributed by atoms with Crippen LogP contribution in [0, 0.1) is 5.92 Å². The molecule has 3 rings (SSSR count). The van der Waals surface area contributed by atoms with Gasteiger partial charge < -0.3 is 14.9 Å². The Morgan fingerprint density at radius 2 is 2.27 bits per heavy atom. The van der Waals surface area contributed by atoms with Crippen LogP contribution < -0.4 is 10.9 Å². The quantitative estimate of drug-likeness (QED) is 0.579. The maximum absolute atomic E-state index is 15.0. The maximum atomic E-state index is 15.0. The van der Waals surface area contributed by atoms with Crippen LogP contribution in [-0.4, -0.2) is 60.1 Å². The highest BCUT2D eigenvalue weighted by atomic mass is 19.1. The Bertz CT molecular complexity index is 892. The van der Waals surface area contributed by atoms with Crippen LogP contribution in [0.2, 0.25) is 0 Å². The van der Waals surface area contributed by atoms with Gasteiger partial charge in [0.25, 0.3) is 5.56 Å². The van der Waals surface area contributed by atoms with E-state index in [9.17, 15) is 24.2 Å². The third-order valence-corrected chi connectivity index (χ3v) is 4.35. The molecule has 11 heteroatoms. The van der Waals surface area contributed by atoms with E-state index in [4.69, 9.17) is 4.74 Å². The number of nitrogens with one attached hydrogen (secondary N) is 2. The molecule has 1 aliphatic heterocycles. The van der Waals surface area contributed by atoms with Crippen LogP contribution in [0.3, 0.4) is 0 Å². The van der Waals surface area contributed by atoms with Gasteiger partial charge in [0, 0.05) is 5.92 Å². The van der Waals surface area contributed by atoms with Gasteiger partial charge in [-0.2, -0.15) is 4.98 Å². The maximum Gasteiger partial charge on any atom is 0.280 e. The second-order valence-electron chi connectivity index (χ2n) is 6.69. The van der Waals surface area contributed by atoms with Gasteiger partial charge in [0.2, 0.25) is 11.9 Å². The molecule has 26 heavy (non-hydrogen) atoms. The largest absolute Gasteiger partial charge is 0.394 e. The Hall–Kier alpha value is -2.37. The summed E-state index contributed by atoms with van der Waals surface area (Å²) in [6.07, 6.45) is -2.90. The standard InChI is InChI=1S/C15H20FN5O5/c1-6(2)11(24)19-14-18-10-8(12(25)20-14)17-5-21(10)13-15(3,16)9(23)7(4-22)26-13/h5-7,9,13,22-23H,4H2,1-3H3,(H2,18,19,20,24,25)/t7-,9-,13-,15-/m1/s1. The molecule has 3 heterocycles. The average molecular weight is 369 g/mol. The third-order valence-electron chi connectivity index (χ3n) is 4.35. The zero-order valence-electron chi connectivity index (χ0n) is 14.4. The number of fused-ring (bicyclic) bond motifs is 1. The van der Waals surface area contributed by atoms with E-state index >= 15 is 0 Å². The average Bonchev–Trinajstić information content (AvgIpc) is 3.07. The van der Waals surface area contributed by atoms with Gasteiger partial charge in [-0.05, 0) is 6.92 Å². The van der Waals surface area contributed by atoms with Crippen molar-refractivity contribution in [3.05, 3.63) is 16.7 Å². The molecule has 1 amide bonds. The fourth-order valence-electron chi connectivity index (χ4n) is 2.78. The summed E-state index contributed by atoms with van der Waals surface area (Å²) >= 11 is 0. The lowest BCUT2D eigenvalue weighted by molar-refractivity contribution is -0.118. The topological polar surface area (TPSA) is 142 Å². The van der Waals surface area contributed by atoms with Gasteiger partial charge in [0.1, 0.15) is 12.2 Å². The first-order valence-electron chi connectivity index (χ1n) is 8.07. The normalized spacial score (nSPS) is 28.8. The summed E-state index contributed by atoms with van der Waals surface area (Å²) in [5.41, 5.74) is -2.97. The number of nitrogens with zero attached hydrogens (tertiary/aromatic N) is 3. The van der Waals surface area contributed by atoms with E-state index in [2.05, 4.69) is 20.3 Å². The molecule has 10 nitrogen and oxygen atoms in total. The van der Waals surface area contributed by atoms with Gasteiger partial charge in [-0.1, -0.05) is 13.8 Å². The number of aliphatic hydroxyl groups is 2. The lowest BCUT2D eigenvalue weighted by atomic mass is 9.99. The smallest absolute Gasteiger partial charge is 0.280 e. The zero-order chi connectivity index (χ0) is 19.2. The zero-order valence-corrected chi connectivity index (χ0v) is 14.4. The Kier molecular flexibility index (Phi) is 4.54. The van der Waals surface area contributed by atoms with Crippen molar-refractivity contribution in [3.8, 4) is 0 Å². The molecule has 0 unspecified atom stereocenters. The molecule has 4 N–H and O–H groups in total. The Labute approximate surface area is 147 Å². The number of aliphatic hydroxyl groups excluding tert-OH is 2. The third kappa shape index (κ3) is 2.87. The van der Waals surface area contributed by atoms with E-state index in [0.29, 0.717) is 0 Å². The minimum atomic E-state index is -2.26. The van der Waals surface area contributed by atoms with Gasteiger partial charge in [0.05, 0.1) is 12.9 Å². The molecule has 0 aliphatic carbocycles. The lowest BCUT2D eigenvalue weighted by Crippen LogP contribution is -2.40. The number of amides is 1. The highest BCUT2D eigenvalue weighted by Crippen LogP contribution is 2.41. The number of alkyl halides is 1. The van der Waals surface area contributed by atoms with Crippen LogP contribution in [0.15, 0.2) is 11.1 Å². The molecular weight excluding hydrogens is 349 g/mol. The molecule has 0 radical (unpaired) electrons. The molecule has 1 fully saturated rings. The highest BCUT2D eigenvalue weighted by Gasteiger charge is 2.55. The van der Waals surface area contributed by atoms with E-state index in [1.165, 1.54) is 0 Å². The molecule has 4 atom stereocenters. The Morgan fingerprint density at radius 3 is 2.85 bits per heavy atom. The molecule has 2 aromatic rings. The molecule has 1 aliphatic rings. The molecule has 0 aromatic carbocycles. The number of aromatic nitrogens is 4. The second kappa shape index (κ2) is 6.41. The van der Waals surface area contributed by atoms with Gasteiger partial charge in [-0.15, -0.1) is 0 Å². The fourth-order valence-corrected chi connectivity index (χ4v) is 2.78. The predicted octanol–water partition coefficient (Wildman–Crippen LogP) is -0.307. The number of hydrogen-bond acceptors (Lipinski definition) is 7. The number of anilines is 1. The van der Waals surface area contributed by atoms with E-state index in [0.717, 1.165) is 17.8 Å². The van der Waals surface area contributed by atoms with Crippen LogP contribution in [0.5, 0.6) is 0 Å². The van der Waals surface area contributed by atoms with Crippen molar-refractivity contribution in [3.63, 3.8) is 0 Å². The van der Waals surface area contributed by atoms with Crippen molar-refractivity contribution in [2.24, 2.45) is 5.92 Å².